The average Bonchev–Trinajstić information content (AvgIpc) is 2.83. The lowest BCUT2D eigenvalue weighted by molar-refractivity contribution is 0.159. The number of halogens is 1. The van der Waals surface area contributed by atoms with Gasteiger partial charge in [-0.05, 0) is 22.4 Å². The molecule has 0 radical (unpaired) electrons. The Kier molecular flexibility index (Phi) is 3.62. The Morgan fingerprint density at radius 2 is 1.11 bits per heavy atom. The molecule has 3 rings (SSSR count). The molecule has 0 saturated carbocycles. The van der Waals surface area contributed by atoms with E-state index < -0.39 is 7.73 Å². The topological polar surface area (TPSA) is 18.5 Å². The van der Waals surface area contributed by atoms with Crippen LogP contribution >= 0.6 is 19.0 Å². The standard InChI is InChI=1S/C14H12ClO2P/c15-18-16-13(11-7-3-1-4-8-11)14(17-18)12-9-5-2-6-10-12/h1-10,13-14H/t13-,14+,18?. The Hall–Kier alpha value is -0.920. The van der Waals surface area contributed by atoms with Crippen LogP contribution < -0.4 is 0 Å². The molecule has 1 aliphatic rings. The monoisotopic (exact) mass is 278 g/mol. The van der Waals surface area contributed by atoms with Crippen molar-refractivity contribution in [3.8, 4) is 0 Å². The van der Waals surface area contributed by atoms with E-state index in [2.05, 4.69) is 0 Å². The van der Waals surface area contributed by atoms with Gasteiger partial charge in [0.2, 0.25) is 0 Å². The normalized spacial score (nSPS) is 27.3. The largest absolute Gasteiger partial charge is 0.311 e. The lowest BCUT2D eigenvalue weighted by Crippen LogP contribution is -2.06. The molecule has 0 N–H and O–H groups in total. The molecule has 0 aliphatic carbocycles. The van der Waals surface area contributed by atoms with Gasteiger partial charge in [-0.1, -0.05) is 60.7 Å². The highest BCUT2D eigenvalue weighted by molar-refractivity contribution is 7.76. The van der Waals surface area contributed by atoms with E-state index in [1.807, 2.05) is 60.7 Å². The summed E-state index contributed by atoms with van der Waals surface area (Å²) in [5.41, 5.74) is 2.19. The maximum Gasteiger partial charge on any atom is 0.278 e. The minimum atomic E-state index is -1.32. The predicted octanol–water partition coefficient (Wildman–Crippen LogP) is 4.98. The van der Waals surface area contributed by atoms with Crippen LogP contribution in [0.4, 0.5) is 0 Å². The molecule has 2 aromatic rings. The lowest BCUT2D eigenvalue weighted by atomic mass is 9.99. The van der Waals surface area contributed by atoms with Gasteiger partial charge < -0.3 is 9.05 Å². The van der Waals surface area contributed by atoms with Crippen molar-refractivity contribution < 1.29 is 9.05 Å². The molecule has 1 fully saturated rings. The van der Waals surface area contributed by atoms with Crippen molar-refractivity contribution in [3.63, 3.8) is 0 Å². The first-order chi connectivity index (χ1) is 8.84. The molecule has 0 spiro atoms. The molecular weight excluding hydrogens is 267 g/mol. The van der Waals surface area contributed by atoms with Crippen molar-refractivity contribution in [3.05, 3.63) is 71.8 Å². The molecular formula is C14H12ClO2P. The molecule has 18 heavy (non-hydrogen) atoms. The lowest BCUT2D eigenvalue weighted by Gasteiger charge is -2.16. The van der Waals surface area contributed by atoms with Gasteiger partial charge in [-0.25, -0.2) is 0 Å². The van der Waals surface area contributed by atoms with E-state index in [4.69, 9.17) is 20.3 Å². The zero-order valence-corrected chi connectivity index (χ0v) is 11.2. The number of hydrogen-bond acceptors (Lipinski definition) is 2. The number of hydrogen-bond donors (Lipinski definition) is 0. The third-order valence-corrected chi connectivity index (χ3v) is 4.19. The second-order valence-electron chi connectivity index (χ2n) is 4.09. The van der Waals surface area contributed by atoms with Gasteiger partial charge >= 0.3 is 0 Å². The van der Waals surface area contributed by atoms with Gasteiger partial charge in [-0.15, -0.1) is 0 Å². The van der Waals surface area contributed by atoms with E-state index in [0.29, 0.717) is 0 Å². The molecule has 0 aromatic heterocycles. The summed E-state index contributed by atoms with van der Waals surface area (Å²) in [6, 6.07) is 20.1. The Balaban J connectivity index is 1.93. The molecule has 2 nitrogen and oxygen atoms in total. The zero-order chi connectivity index (χ0) is 12.4. The maximum atomic E-state index is 6.02. The van der Waals surface area contributed by atoms with Crippen molar-refractivity contribution in [2.45, 2.75) is 12.2 Å². The van der Waals surface area contributed by atoms with Crippen LogP contribution in [-0.4, -0.2) is 0 Å². The van der Waals surface area contributed by atoms with Crippen LogP contribution in [0.3, 0.4) is 0 Å². The quantitative estimate of drug-likeness (QED) is 0.721. The number of rotatable bonds is 2. The smallest absolute Gasteiger partial charge is 0.278 e. The Bertz CT molecular complexity index is 458. The van der Waals surface area contributed by atoms with Crippen LogP contribution in [0.15, 0.2) is 60.7 Å². The molecule has 1 aliphatic heterocycles. The molecule has 0 bridgehead atoms. The molecule has 1 heterocycles. The summed E-state index contributed by atoms with van der Waals surface area (Å²) in [5.74, 6) is 0. The van der Waals surface area contributed by atoms with Gasteiger partial charge in [0, 0.05) is 0 Å². The van der Waals surface area contributed by atoms with Crippen LogP contribution in [-0.2, 0) is 9.05 Å². The molecule has 92 valence electrons. The van der Waals surface area contributed by atoms with Crippen LogP contribution in [0.5, 0.6) is 0 Å². The van der Waals surface area contributed by atoms with Crippen molar-refractivity contribution >= 4 is 19.0 Å². The minimum absolute atomic E-state index is 0.128. The van der Waals surface area contributed by atoms with Crippen molar-refractivity contribution in [1.29, 1.82) is 0 Å². The SMILES string of the molecule is ClP1O[C@H](c2ccccc2)[C@H](c2ccccc2)O1. The summed E-state index contributed by atoms with van der Waals surface area (Å²) in [5, 5.41) is 0. The van der Waals surface area contributed by atoms with E-state index in [-0.39, 0.29) is 12.2 Å². The van der Waals surface area contributed by atoms with Gasteiger partial charge in [0.05, 0.1) is 0 Å². The fourth-order valence-corrected chi connectivity index (χ4v) is 3.46. The summed E-state index contributed by atoms with van der Waals surface area (Å²) < 4.78 is 11.4. The Morgan fingerprint density at radius 1 is 0.722 bits per heavy atom. The molecule has 1 unspecified atom stereocenters. The van der Waals surface area contributed by atoms with E-state index in [0.717, 1.165) is 11.1 Å². The first kappa shape index (κ1) is 12.1. The van der Waals surface area contributed by atoms with Gasteiger partial charge in [0.25, 0.3) is 7.73 Å². The van der Waals surface area contributed by atoms with Crippen LogP contribution in [0, 0.1) is 0 Å². The number of benzene rings is 2. The summed E-state index contributed by atoms with van der Waals surface area (Å²) in [4.78, 5) is 0. The first-order valence-corrected chi connectivity index (χ1v) is 7.82. The maximum absolute atomic E-state index is 6.02. The molecule has 3 atom stereocenters. The van der Waals surface area contributed by atoms with Gasteiger partial charge in [0.1, 0.15) is 12.2 Å². The van der Waals surface area contributed by atoms with E-state index in [1.165, 1.54) is 0 Å². The highest BCUT2D eigenvalue weighted by Gasteiger charge is 2.38. The van der Waals surface area contributed by atoms with Crippen LogP contribution in [0.1, 0.15) is 23.3 Å². The Morgan fingerprint density at radius 3 is 1.50 bits per heavy atom. The van der Waals surface area contributed by atoms with Crippen LogP contribution in [0.25, 0.3) is 0 Å². The Labute approximate surface area is 112 Å². The van der Waals surface area contributed by atoms with Crippen molar-refractivity contribution in [1.82, 2.24) is 0 Å². The second kappa shape index (κ2) is 5.38. The summed E-state index contributed by atoms with van der Waals surface area (Å²) in [6.45, 7) is 0. The average molecular weight is 279 g/mol. The summed E-state index contributed by atoms with van der Waals surface area (Å²) in [6.07, 6.45) is -0.255. The van der Waals surface area contributed by atoms with Gasteiger partial charge in [0.15, 0.2) is 0 Å². The fourth-order valence-electron chi connectivity index (χ4n) is 2.07. The molecule has 1 saturated heterocycles. The fraction of sp³-hybridized carbons (Fsp3) is 0.143. The van der Waals surface area contributed by atoms with Crippen molar-refractivity contribution in [2.75, 3.05) is 0 Å². The van der Waals surface area contributed by atoms with Crippen LogP contribution in [0.2, 0.25) is 0 Å². The third kappa shape index (κ3) is 2.43. The highest BCUT2D eigenvalue weighted by atomic mass is 35.7. The predicted molar refractivity (Wildman–Crippen MR) is 73.3 cm³/mol. The minimum Gasteiger partial charge on any atom is -0.311 e. The second-order valence-corrected chi connectivity index (χ2v) is 5.76. The molecule has 2 aromatic carbocycles. The van der Waals surface area contributed by atoms with Gasteiger partial charge in [-0.2, -0.15) is 0 Å². The highest BCUT2D eigenvalue weighted by Crippen LogP contribution is 2.62. The molecule has 0 amide bonds. The van der Waals surface area contributed by atoms with E-state index in [1.54, 1.807) is 0 Å². The summed E-state index contributed by atoms with van der Waals surface area (Å²) >= 11 is 6.02. The molecule has 4 heteroatoms. The van der Waals surface area contributed by atoms with E-state index >= 15 is 0 Å². The first-order valence-electron chi connectivity index (χ1n) is 5.74. The van der Waals surface area contributed by atoms with Gasteiger partial charge in [-0.3, -0.25) is 0 Å². The summed E-state index contributed by atoms with van der Waals surface area (Å²) in [7, 11) is -1.32. The zero-order valence-electron chi connectivity index (χ0n) is 9.57. The third-order valence-electron chi connectivity index (χ3n) is 2.92. The van der Waals surface area contributed by atoms with E-state index in [9.17, 15) is 0 Å². The van der Waals surface area contributed by atoms with Crippen molar-refractivity contribution in [2.24, 2.45) is 0 Å².